The summed E-state index contributed by atoms with van der Waals surface area (Å²) in [5.74, 6) is 0. The molecule has 0 aliphatic heterocycles. The molecular formula is C7H5Cl3RuSe. The van der Waals surface area contributed by atoms with E-state index in [2.05, 4.69) is 0 Å². The standard InChI is InChI=1S/C7H5ClSe.2ClH.Ru/c1-9-7-4-2-6(8)3-5-7;;;/h1-5H;2*1H;/q;;;+2/p-2. The Kier molecular flexibility index (Phi) is 5.36. The van der Waals surface area contributed by atoms with Crippen molar-refractivity contribution in [1.29, 1.82) is 0 Å². The fourth-order valence-electron chi connectivity index (χ4n) is 0.593. The fourth-order valence-corrected chi connectivity index (χ4v) is 5.64. The Morgan fingerprint density at radius 2 is 1.75 bits per heavy atom. The molecule has 0 saturated heterocycles. The third-order valence-corrected chi connectivity index (χ3v) is 9.43. The zero-order valence-electron chi connectivity index (χ0n) is 5.78. The number of benzene rings is 1. The zero-order chi connectivity index (χ0) is 8.97. The van der Waals surface area contributed by atoms with Gasteiger partial charge in [0.25, 0.3) is 0 Å². The van der Waals surface area contributed by atoms with Crippen molar-refractivity contribution in [1.82, 2.24) is 0 Å². The second-order valence-corrected chi connectivity index (χ2v) is 11.5. The molecule has 0 saturated carbocycles. The van der Waals surface area contributed by atoms with Crippen LogP contribution >= 0.6 is 31.0 Å². The molecule has 1 rings (SSSR count). The monoisotopic (exact) mass is 376 g/mol. The van der Waals surface area contributed by atoms with E-state index in [1.807, 2.05) is 27.8 Å². The molecule has 0 heterocycles. The molecule has 12 heavy (non-hydrogen) atoms. The molecule has 0 spiro atoms. The van der Waals surface area contributed by atoms with Gasteiger partial charge in [-0.3, -0.25) is 0 Å². The summed E-state index contributed by atoms with van der Waals surface area (Å²) in [7, 11) is 11.4. The van der Waals surface area contributed by atoms with Crippen LogP contribution in [0.4, 0.5) is 0 Å². The first-order valence-electron chi connectivity index (χ1n) is 2.92. The first kappa shape index (κ1) is 11.2. The van der Waals surface area contributed by atoms with E-state index in [4.69, 9.17) is 31.0 Å². The minimum atomic E-state index is -1.58. The Morgan fingerprint density at radius 3 is 2.25 bits per heavy atom. The Bertz CT molecular complexity index is 279. The van der Waals surface area contributed by atoms with Crippen molar-refractivity contribution >= 4 is 53.9 Å². The number of halogens is 3. The fraction of sp³-hybridized carbons (Fsp3) is 0. The molecule has 1 aromatic carbocycles. The molecule has 0 atom stereocenters. The molecule has 0 N–H and O–H groups in total. The van der Waals surface area contributed by atoms with E-state index in [1.165, 1.54) is 4.46 Å². The van der Waals surface area contributed by atoms with Gasteiger partial charge in [-0.25, -0.2) is 0 Å². The van der Waals surface area contributed by atoms with Gasteiger partial charge in [-0.15, -0.1) is 0 Å². The van der Waals surface area contributed by atoms with Gasteiger partial charge >= 0.3 is 96.7 Å². The van der Waals surface area contributed by atoms with Crippen LogP contribution in [0.2, 0.25) is 5.02 Å². The van der Waals surface area contributed by atoms with E-state index in [1.54, 1.807) is 0 Å². The second-order valence-electron chi connectivity index (χ2n) is 1.86. The number of hydrogen-bond donors (Lipinski definition) is 0. The van der Waals surface area contributed by atoms with Crippen LogP contribution in [0.3, 0.4) is 0 Å². The van der Waals surface area contributed by atoms with Gasteiger partial charge in [-0.05, 0) is 0 Å². The molecule has 0 unspecified atom stereocenters. The van der Waals surface area contributed by atoms with Crippen LogP contribution in [-0.4, -0.2) is 18.5 Å². The summed E-state index contributed by atoms with van der Waals surface area (Å²) in [4.78, 5) is 0. The van der Waals surface area contributed by atoms with Gasteiger partial charge in [-0.2, -0.15) is 0 Å². The Hall–Kier alpha value is 1.10. The summed E-state index contributed by atoms with van der Waals surface area (Å²) in [5.41, 5.74) is 0. The summed E-state index contributed by atoms with van der Waals surface area (Å²) in [6, 6.07) is 7.77. The number of rotatable bonds is 2. The van der Waals surface area contributed by atoms with Crippen LogP contribution in [-0.2, 0) is 13.5 Å². The van der Waals surface area contributed by atoms with E-state index in [-0.39, 0.29) is 0 Å². The SMILES string of the molecule is Clc1ccc([Se][CH]=[Ru]([Cl])[Cl])cc1. The Morgan fingerprint density at radius 1 is 1.17 bits per heavy atom. The van der Waals surface area contributed by atoms with E-state index in [9.17, 15) is 0 Å². The van der Waals surface area contributed by atoms with Crippen molar-refractivity contribution in [3.63, 3.8) is 0 Å². The molecule has 0 aromatic heterocycles. The van der Waals surface area contributed by atoms with Gasteiger partial charge in [0.05, 0.1) is 0 Å². The summed E-state index contributed by atoms with van der Waals surface area (Å²) in [5, 5.41) is 0.764. The van der Waals surface area contributed by atoms with E-state index in [0.29, 0.717) is 15.0 Å². The first-order chi connectivity index (χ1) is 5.68. The molecule has 1 aromatic rings. The van der Waals surface area contributed by atoms with Crippen LogP contribution in [0.1, 0.15) is 0 Å². The van der Waals surface area contributed by atoms with Crippen molar-refractivity contribution in [3.8, 4) is 0 Å². The molecule has 0 bridgehead atoms. The van der Waals surface area contributed by atoms with Crippen LogP contribution in [0.25, 0.3) is 0 Å². The van der Waals surface area contributed by atoms with Gasteiger partial charge in [0, 0.05) is 0 Å². The predicted octanol–water partition coefficient (Wildman–Crippen LogP) is 2.36. The summed E-state index contributed by atoms with van der Waals surface area (Å²) < 4.78 is 3.29. The maximum atomic E-state index is 5.73. The van der Waals surface area contributed by atoms with Crippen LogP contribution in [0.15, 0.2) is 24.3 Å². The minimum absolute atomic E-state index is 0.299. The third kappa shape index (κ3) is 4.37. The Balaban J connectivity index is 2.65. The van der Waals surface area contributed by atoms with Crippen LogP contribution < -0.4 is 4.46 Å². The van der Waals surface area contributed by atoms with E-state index < -0.39 is 13.5 Å². The summed E-state index contributed by atoms with van der Waals surface area (Å²) >= 11 is 4.45. The van der Waals surface area contributed by atoms with Crippen molar-refractivity contribution < 1.29 is 13.5 Å². The summed E-state index contributed by atoms with van der Waals surface area (Å²) in [6.45, 7) is 0. The topological polar surface area (TPSA) is 0 Å². The van der Waals surface area contributed by atoms with Gasteiger partial charge in [-0.1, -0.05) is 0 Å². The average Bonchev–Trinajstić information content (AvgIpc) is 2.03. The van der Waals surface area contributed by atoms with Crippen molar-refractivity contribution in [3.05, 3.63) is 29.3 Å². The maximum absolute atomic E-state index is 5.73. The zero-order valence-corrected chi connectivity index (χ0v) is 11.5. The molecule has 0 aliphatic rings. The number of hydrogen-bond acceptors (Lipinski definition) is 0. The Labute approximate surface area is 95.9 Å². The molecular weight excluding hydrogens is 370 g/mol. The predicted molar refractivity (Wildman–Crippen MR) is 54.6 cm³/mol. The van der Waals surface area contributed by atoms with Gasteiger partial charge < -0.3 is 0 Å². The van der Waals surface area contributed by atoms with Gasteiger partial charge in [0.2, 0.25) is 0 Å². The van der Waals surface area contributed by atoms with E-state index >= 15 is 0 Å². The average molecular weight is 376 g/mol. The third-order valence-electron chi connectivity index (χ3n) is 1.05. The molecule has 0 radical (unpaired) electrons. The molecule has 68 valence electrons. The first-order valence-corrected chi connectivity index (χ1v) is 10.6. The van der Waals surface area contributed by atoms with Crippen molar-refractivity contribution in [2.45, 2.75) is 0 Å². The van der Waals surface area contributed by atoms with E-state index in [0.717, 1.165) is 5.02 Å². The normalized spacial score (nSPS) is 11.1. The van der Waals surface area contributed by atoms with Crippen LogP contribution in [0, 0.1) is 0 Å². The summed E-state index contributed by atoms with van der Waals surface area (Å²) in [6.07, 6.45) is 0. The van der Waals surface area contributed by atoms with Crippen LogP contribution in [0.5, 0.6) is 0 Å². The quantitative estimate of drug-likeness (QED) is 0.696. The molecule has 0 nitrogen and oxygen atoms in total. The van der Waals surface area contributed by atoms with Crippen molar-refractivity contribution in [2.24, 2.45) is 0 Å². The second kappa shape index (κ2) is 5.75. The van der Waals surface area contributed by atoms with Crippen molar-refractivity contribution in [2.75, 3.05) is 0 Å². The molecule has 0 fully saturated rings. The molecule has 0 aliphatic carbocycles. The molecule has 0 amide bonds. The van der Waals surface area contributed by atoms with Gasteiger partial charge in [0.1, 0.15) is 0 Å². The van der Waals surface area contributed by atoms with Gasteiger partial charge in [0.15, 0.2) is 0 Å². The molecule has 5 heteroatoms.